The summed E-state index contributed by atoms with van der Waals surface area (Å²) in [6.07, 6.45) is 17.3. The maximum absolute atomic E-state index is 11.0. The Labute approximate surface area is 165 Å². The van der Waals surface area contributed by atoms with Gasteiger partial charge in [-0.2, -0.15) is 0 Å². The lowest BCUT2D eigenvalue weighted by Crippen LogP contribution is -2.55. The first kappa shape index (κ1) is 18.4. The average molecular weight is 371 g/mol. The highest BCUT2D eigenvalue weighted by molar-refractivity contribution is 5.27. The average Bonchev–Trinajstić information content (AvgIpc) is 2.92. The van der Waals surface area contributed by atoms with E-state index in [0.29, 0.717) is 11.3 Å². The van der Waals surface area contributed by atoms with Crippen molar-refractivity contribution in [2.45, 2.75) is 90.8 Å². The minimum atomic E-state index is -0.214. The van der Waals surface area contributed by atoms with Crippen LogP contribution in [0.3, 0.4) is 0 Å². The SMILES string of the molecule is CC(O)[C@@]12CC=CC[C@@H]1CC1C3CC=C4C[C@@H](O)CC[C@]4(C)C3CC[C@@]12C. The van der Waals surface area contributed by atoms with Crippen molar-refractivity contribution in [3.63, 3.8) is 0 Å². The molecule has 0 aromatic carbocycles. The van der Waals surface area contributed by atoms with E-state index in [2.05, 4.69) is 39.0 Å². The number of allylic oxidation sites excluding steroid dienone is 3. The van der Waals surface area contributed by atoms with E-state index < -0.39 is 0 Å². The second kappa shape index (κ2) is 5.95. The Bertz CT molecular complexity index is 678. The third kappa shape index (κ3) is 2.21. The highest BCUT2D eigenvalue weighted by Gasteiger charge is 2.68. The Morgan fingerprint density at radius 2 is 1.89 bits per heavy atom. The van der Waals surface area contributed by atoms with Crippen molar-refractivity contribution < 1.29 is 10.2 Å². The zero-order valence-corrected chi connectivity index (χ0v) is 17.5. The van der Waals surface area contributed by atoms with Gasteiger partial charge in [0.2, 0.25) is 0 Å². The molecule has 27 heavy (non-hydrogen) atoms. The number of aliphatic hydroxyl groups excluding tert-OH is 2. The first-order valence-electron chi connectivity index (χ1n) is 11.5. The summed E-state index contributed by atoms with van der Waals surface area (Å²) < 4.78 is 0. The summed E-state index contributed by atoms with van der Waals surface area (Å²) in [5.41, 5.74) is 2.24. The van der Waals surface area contributed by atoms with Crippen molar-refractivity contribution in [2.75, 3.05) is 0 Å². The van der Waals surface area contributed by atoms with Gasteiger partial charge < -0.3 is 10.2 Å². The van der Waals surface area contributed by atoms with Gasteiger partial charge in [0.15, 0.2) is 0 Å². The van der Waals surface area contributed by atoms with Gasteiger partial charge in [0.05, 0.1) is 12.2 Å². The van der Waals surface area contributed by atoms with Crippen LogP contribution in [0.1, 0.15) is 78.6 Å². The zero-order chi connectivity index (χ0) is 19.0. The standard InChI is InChI=1S/C25H38O2/c1-16(26)25-11-5-4-6-18(25)15-22-20-8-7-17-14-19(27)9-12-23(17,2)21(20)10-13-24(22,25)3/h4-5,7,16,18-22,26-27H,6,8-15H2,1-3H3/t16?,18-,19+,20?,21?,22?,23+,24+,25+/m1/s1. The van der Waals surface area contributed by atoms with Crippen LogP contribution in [-0.4, -0.2) is 22.4 Å². The predicted molar refractivity (Wildman–Crippen MR) is 109 cm³/mol. The van der Waals surface area contributed by atoms with Crippen LogP contribution in [0.25, 0.3) is 0 Å². The van der Waals surface area contributed by atoms with Gasteiger partial charge >= 0.3 is 0 Å². The summed E-state index contributed by atoms with van der Waals surface area (Å²) in [6.45, 7) is 7.14. The van der Waals surface area contributed by atoms with Crippen LogP contribution in [0, 0.1) is 39.9 Å². The van der Waals surface area contributed by atoms with E-state index in [9.17, 15) is 10.2 Å². The van der Waals surface area contributed by atoms with Crippen LogP contribution in [0.15, 0.2) is 23.8 Å². The van der Waals surface area contributed by atoms with Crippen LogP contribution < -0.4 is 0 Å². The summed E-state index contributed by atoms with van der Waals surface area (Å²) in [7, 11) is 0. The number of fused-ring (bicyclic) bond motifs is 7. The Kier molecular flexibility index (Phi) is 4.06. The molecule has 0 heterocycles. The van der Waals surface area contributed by atoms with Crippen molar-refractivity contribution >= 4 is 0 Å². The van der Waals surface area contributed by atoms with E-state index in [1.807, 2.05) is 0 Å². The normalized spacial score (nSPS) is 55.0. The number of aliphatic hydroxyl groups is 2. The van der Waals surface area contributed by atoms with E-state index in [1.165, 1.54) is 32.1 Å². The van der Waals surface area contributed by atoms with Gasteiger partial charge in [0.1, 0.15) is 0 Å². The maximum Gasteiger partial charge on any atom is 0.0579 e. The molecule has 3 saturated carbocycles. The zero-order valence-electron chi connectivity index (χ0n) is 17.5. The Hall–Kier alpha value is -0.600. The second-order valence-electron chi connectivity index (χ2n) is 11.2. The van der Waals surface area contributed by atoms with E-state index in [0.717, 1.165) is 43.4 Å². The molecule has 3 fully saturated rings. The molecule has 9 atom stereocenters. The topological polar surface area (TPSA) is 40.5 Å². The van der Waals surface area contributed by atoms with Gasteiger partial charge in [0, 0.05) is 5.41 Å². The summed E-state index contributed by atoms with van der Waals surface area (Å²) in [5, 5.41) is 21.2. The lowest BCUT2D eigenvalue weighted by atomic mass is 9.44. The highest BCUT2D eigenvalue weighted by atomic mass is 16.3. The van der Waals surface area contributed by atoms with E-state index in [1.54, 1.807) is 5.57 Å². The Balaban J connectivity index is 1.54. The van der Waals surface area contributed by atoms with Crippen LogP contribution in [0.2, 0.25) is 0 Å². The minimum Gasteiger partial charge on any atom is -0.393 e. The third-order valence-corrected chi connectivity index (χ3v) is 10.6. The van der Waals surface area contributed by atoms with E-state index in [-0.39, 0.29) is 23.0 Å². The first-order valence-corrected chi connectivity index (χ1v) is 11.5. The highest BCUT2D eigenvalue weighted by Crippen LogP contribution is 2.73. The molecule has 4 unspecified atom stereocenters. The van der Waals surface area contributed by atoms with Crippen molar-refractivity contribution in [3.8, 4) is 0 Å². The molecule has 5 aliphatic rings. The largest absolute Gasteiger partial charge is 0.393 e. The monoisotopic (exact) mass is 370 g/mol. The molecule has 0 aromatic rings. The maximum atomic E-state index is 11.0. The van der Waals surface area contributed by atoms with Gasteiger partial charge in [-0.3, -0.25) is 0 Å². The summed E-state index contributed by atoms with van der Waals surface area (Å²) in [6, 6.07) is 0. The molecular weight excluding hydrogens is 332 g/mol. The number of rotatable bonds is 1. The van der Waals surface area contributed by atoms with Crippen LogP contribution >= 0.6 is 0 Å². The first-order chi connectivity index (χ1) is 12.8. The molecule has 0 radical (unpaired) electrons. The third-order valence-electron chi connectivity index (χ3n) is 10.6. The Morgan fingerprint density at radius 1 is 1.07 bits per heavy atom. The molecule has 2 nitrogen and oxygen atoms in total. The van der Waals surface area contributed by atoms with Crippen molar-refractivity contribution in [2.24, 2.45) is 39.9 Å². The lowest BCUT2D eigenvalue weighted by Gasteiger charge is -2.61. The number of hydrogen-bond acceptors (Lipinski definition) is 2. The molecule has 0 amide bonds. The molecule has 2 heteroatoms. The predicted octanol–water partition coefficient (Wildman–Crippen LogP) is 5.25. The van der Waals surface area contributed by atoms with Gasteiger partial charge in [-0.15, -0.1) is 0 Å². The van der Waals surface area contributed by atoms with Crippen molar-refractivity contribution in [1.29, 1.82) is 0 Å². The second-order valence-corrected chi connectivity index (χ2v) is 11.2. The smallest absolute Gasteiger partial charge is 0.0579 e. The van der Waals surface area contributed by atoms with Gasteiger partial charge in [-0.25, -0.2) is 0 Å². The van der Waals surface area contributed by atoms with Crippen molar-refractivity contribution in [1.82, 2.24) is 0 Å². The van der Waals surface area contributed by atoms with Gasteiger partial charge in [-0.1, -0.05) is 37.6 Å². The molecule has 5 rings (SSSR count). The molecule has 0 bridgehead atoms. The summed E-state index contributed by atoms with van der Waals surface area (Å²) in [4.78, 5) is 0. The lowest BCUT2D eigenvalue weighted by molar-refractivity contribution is -0.127. The molecule has 0 saturated heterocycles. The fraction of sp³-hybridized carbons (Fsp3) is 0.840. The van der Waals surface area contributed by atoms with E-state index >= 15 is 0 Å². The van der Waals surface area contributed by atoms with Crippen LogP contribution in [0.5, 0.6) is 0 Å². The fourth-order valence-corrected chi connectivity index (χ4v) is 9.19. The summed E-state index contributed by atoms with van der Waals surface area (Å²) in [5.74, 6) is 2.95. The van der Waals surface area contributed by atoms with Crippen LogP contribution in [0.4, 0.5) is 0 Å². The Morgan fingerprint density at radius 3 is 2.67 bits per heavy atom. The van der Waals surface area contributed by atoms with Crippen LogP contribution in [-0.2, 0) is 0 Å². The molecule has 5 aliphatic carbocycles. The molecular formula is C25H38O2. The molecule has 0 aromatic heterocycles. The van der Waals surface area contributed by atoms with Gasteiger partial charge in [0.25, 0.3) is 0 Å². The summed E-state index contributed by atoms with van der Waals surface area (Å²) >= 11 is 0. The number of hydrogen-bond donors (Lipinski definition) is 2. The molecule has 0 spiro atoms. The molecule has 150 valence electrons. The van der Waals surface area contributed by atoms with Crippen molar-refractivity contribution in [3.05, 3.63) is 23.8 Å². The quantitative estimate of drug-likeness (QED) is 0.619. The molecule has 0 aliphatic heterocycles. The molecule has 2 N–H and O–H groups in total. The minimum absolute atomic E-state index is 0.0883. The van der Waals surface area contributed by atoms with E-state index in [4.69, 9.17) is 0 Å². The fourth-order valence-electron chi connectivity index (χ4n) is 9.19. The van der Waals surface area contributed by atoms with Gasteiger partial charge in [-0.05, 0) is 99.2 Å².